The number of aromatic nitrogens is 1. The third-order valence-corrected chi connectivity index (χ3v) is 4.77. The van der Waals surface area contributed by atoms with Crippen LogP contribution in [0.1, 0.15) is 10.4 Å². The molecular formula is C17H15ClN2O4S. The molecule has 25 heavy (non-hydrogen) atoms. The van der Waals surface area contributed by atoms with E-state index in [1.807, 2.05) is 0 Å². The van der Waals surface area contributed by atoms with Crippen molar-refractivity contribution in [2.45, 2.75) is 0 Å². The molecule has 0 bridgehead atoms. The molecule has 130 valence electrons. The summed E-state index contributed by atoms with van der Waals surface area (Å²) in [5.41, 5.74) is 3.36. The average Bonchev–Trinajstić information content (AvgIpc) is 3.13. The number of hydrogen-bond acceptors (Lipinski definition) is 6. The molecule has 3 aromatic rings. The zero-order chi connectivity index (χ0) is 18.0. The first kappa shape index (κ1) is 17.3. The van der Waals surface area contributed by atoms with Gasteiger partial charge in [0, 0.05) is 5.56 Å². The van der Waals surface area contributed by atoms with E-state index in [0.29, 0.717) is 39.0 Å². The highest BCUT2D eigenvalue weighted by molar-refractivity contribution is 7.17. The van der Waals surface area contributed by atoms with Gasteiger partial charge in [-0.3, -0.25) is 4.79 Å². The van der Waals surface area contributed by atoms with Crippen molar-refractivity contribution in [3.8, 4) is 17.2 Å². The van der Waals surface area contributed by atoms with E-state index in [-0.39, 0.29) is 5.91 Å². The van der Waals surface area contributed by atoms with Gasteiger partial charge in [0.15, 0.2) is 11.5 Å². The average molecular weight is 379 g/mol. The van der Waals surface area contributed by atoms with Gasteiger partial charge in [-0.05, 0) is 24.3 Å². The summed E-state index contributed by atoms with van der Waals surface area (Å²) in [7, 11) is 4.51. The molecule has 0 radical (unpaired) electrons. The highest BCUT2D eigenvalue weighted by Crippen LogP contribution is 2.38. The maximum Gasteiger partial charge on any atom is 0.255 e. The third kappa shape index (κ3) is 3.20. The van der Waals surface area contributed by atoms with Crippen molar-refractivity contribution in [2.75, 3.05) is 26.6 Å². The molecule has 0 aliphatic heterocycles. The number of anilines is 1. The van der Waals surface area contributed by atoms with Crippen LogP contribution in [0.4, 0.5) is 5.69 Å². The molecule has 0 spiro atoms. The largest absolute Gasteiger partial charge is 0.493 e. The zero-order valence-corrected chi connectivity index (χ0v) is 15.3. The minimum atomic E-state index is -0.309. The number of fused-ring (bicyclic) bond motifs is 1. The Balaban J connectivity index is 1.98. The van der Waals surface area contributed by atoms with Crippen molar-refractivity contribution >= 4 is 44.7 Å². The molecule has 1 amide bonds. The maximum absolute atomic E-state index is 12.7. The lowest BCUT2D eigenvalue weighted by Crippen LogP contribution is -2.12. The third-order valence-electron chi connectivity index (χ3n) is 3.61. The topological polar surface area (TPSA) is 69.7 Å². The van der Waals surface area contributed by atoms with E-state index in [2.05, 4.69) is 10.3 Å². The molecule has 0 aliphatic carbocycles. The fraction of sp³-hybridized carbons (Fsp3) is 0.176. The van der Waals surface area contributed by atoms with Crippen molar-refractivity contribution in [2.24, 2.45) is 0 Å². The van der Waals surface area contributed by atoms with E-state index in [1.165, 1.54) is 32.7 Å². The summed E-state index contributed by atoms with van der Waals surface area (Å²) in [5.74, 6) is 0.936. The predicted molar refractivity (Wildman–Crippen MR) is 98.7 cm³/mol. The Hall–Kier alpha value is -2.51. The zero-order valence-electron chi connectivity index (χ0n) is 13.8. The summed E-state index contributed by atoms with van der Waals surface area (Å²) in [4.78, 5) is 16.9. The number of carbonyl (C=O) groups is 1. The summed E-state index contributed by atoms with van der Waals surface area (Å²) in [6.45, 7) is 0. The van der Waals surface area contributed by atoms with Crippen LogP contribution in [-0.4, -0.2) is 32.2 Å². The van der Waals surface area contributed by atoms with Gasteiger partial charge in [-0.15, -0.1) is 11.3 Å². The number of halogens is 1. The van der Waals surface area contributed by atoms with Gasteiger partial charge in [0.2, 0.25) is 5.75 Å². The fourth-order valence-electron chi connectivity index (χ4n) is 2.42. The molecule has 0 aliphatic rings. The summed E-state index contributed by atoms with van der Waals surface area (Å²) >= 11 is 7.53. The summed E-state index contributed by atoms with van der Waals surface area (Å²) in [5, 5.41) is 3.42. The quantitative estimate of drug-likeness (QED) is 0.719. The number of nitrogens with one attached hydrogen (secondary N) is 1. The Labute approximate surface area is 153 Å². The van der Waals surface area contributed by atoms with E-state index in [0.717, 1.165) is 4.70 Å². The number of ether oxygens (including phenoxy) is 3. The summed E-state index contributed by atoms with van der Waals surface area (Å²) in [6, 6.07) is 6.64. The monoisotopic (exact) mass is 378 g/mol. The van der Waals surface area contributed by atoms with Crippen molar-refractivity contribution in [3.63, 3.8) is 0 Å². The van der Waals surface area contributed by atoms with Gasteiger partial charge in [0.25, 0.3) is 5.91 Å². The Morgan fingerprint density at radius 1 is 1.12 bits per heavy atom. The first-order valence-corrected chi connectivity index (χ1v) is 8.47. The Kier molecular flexibility index (Phi) is 4.96. The van der Waals surface area contributed by atoms with Crippen LogP contribution in [0.5, 0.6) is 17.2 Å². The number of amides is 1. The van der Waals surface area contributed by atoms with E-state index in [4.69, 9.17) is 25.8 Å². The highest BCUT2D eigenvalue weighted by atomic mass is 35.5. The first-order chi connectivity index (χ1) is 12.1. The second-order valence-corrected chi connectivity index (χ2v) is 6.26. The van der Waals surface area contributed by atoms with Gasteiger partial charge in [-0.1, -0.05) is 11.6 Å². The number of rotatable bonds is 5. The normalized spacial score (nSPS) is 10.6. The summed E-state index contributed by atoms with van der Waals surface area (Å²) < 4.78 is 16.6. The fourth-order valence-corrected chi connectivity index (χ4v) is 3.47. The smallest absolute Gasteiger partial charge is 0.255 e. The van der Waals surface area contributed by atoms with Crippen molar-refractivity contribution < 1.29 is 19.0 Å². The second-order valence-electron chi connectivity index (χ2n) is 4.99. The minimum Gasteiger partial charge on any atom is -0.493 e. The van der Waals surface area contributed by atoms with E-state index < -0.39 is 0 Å². The molecule has 0 saturated heterocycles. The Morgan fingerprint density at radius 3 is 2.40 bits per heavy atom. The number of methoxy groups -OCH3 is 3. The molecule has 2 aromatic carbocycles. The van der Waals surface area contributed by atoms with Gasteiger partial charge in [0.1, 0.15) is 5.52 Å². The second kappa shape index (κ2) is 7.16. The number of thiazole rings is 1. The van der Waals surface area contributed by atoms with Gasteiger partial charge in [-0.25, -0.2) is 4.98 Å². The van der Waals surface area contributed by atoms with E-state index in [9.17, 15) is 4.79 Å². The first-order valence-electron chi connectivity index (χ1n) is 7.22. The van der Waals surface area contributed by atoms with Crippen molar-refractivity contribution in [1.82, 2.24) is 4.98 Å². The molecule has 1 aromatic heterocycles. The molecule has 0 atom stereocenters. The molecule has 1 N–H and O–H groups in total. The minimum absolute atomic E-state index is 0.309. The molecule has 0 unspecified atom stereocenters. The SMILES string of the molecule is COc1cc(C(=O)Nc2ccc(Cl)c3ncsc23)cc(OC)c1OC. The molecule has 3 rings (SSSR count). The maximum atomic E-state index is 12.7. The lowest BCUT2D eigenvalue weighted by atomic mass is 10.1. The lowest BCUT2D eigenvalue weighted by Gasteiger charge is -2.14. The summed E-state index contributed by atoms with van der Waals surface area (Å²) in [6.07, 6.45) is 0. The van der Waals surface area contributed by atoms with Gasteiger partial charge >= 0.3 is 0 Å². The van der Waals surface area contributed by atoms with Gasteiger partial charge in [0.05, 0.1) is 42.2 Å². The van der Waals surface area contributed by atoms with Crippen LogP contribution in [-0.2, 0) is 0 Å². The standard InChI is InChI=1S/C17H15ClN2O4S/c1-22-12-6-9(7-13(23-2)15(12)24-3)17(21)20-11-5-4-10(18)14-16(11)25-8-19-14/h4-8H,1-3H3,(H,20,21). The highest BCUT2D eigenvalue weighted by Gasteiger charge is 2.18. The molecule has 1 heterocycles. The van der Waals surface area contributed by atoms with Crippen molar-refractivity contribution in [1.29, 1.82) is 0 Å². The van der Waals surface area contributed by atoms with Crippen LogP contribution in [0.25, 0.3) is 10.2 Å². The lowest BCUT2D eigenvalue weighted by molar-refractivity contribution is 0.102. The van der Waals surface area contributed by atoms with Crippen LogP contribution >= 0.6 is 22.9 Å². The van der Waals surface area contributed by atoms with Crippen LogP contribution in [0.15, 0.2) is 29.8 Å². The van der Waals surface area contributed by atoms with E-state index >= 15 is 0 Å². The molecule has 6 nitrogen and oxygen atoms in total. The number of hydrogen-bond donors (Lipinski definition) is 1. The van der Waals surface area contributed by atoms with Crippen molar-refractivity contribution in [3.05, 3.63) is 40.4 Å². The van der Waals surface area contributed by atoms with Crippen LogP contribution in [0.3, 0.4) is 0 Å². The molecule has 0 saturated carbocycles. The van der Waals surface area contributed by atoms with Crippen LogP contribution < -0.4 is 19.5 Å². The molecule has 8 heteroatoms. The predicted octanol–water partition coefficient (Wildman–Crippen LogP) is 4.23. The molecule has 0 fully saturated rings. The number of benzene rings is 2. The van der Waals surface area contributed by atoms with Crippen LogP contribution in [0, 0.1) is 0 Å². The Bertz CT molecular complexity index is 917. The van der Waals surface area contributed by atoms with E-state index in [1.54, 1.807) is 29.8 Å². The van der Waals surface area contributed by atoms with Gasteiger partial charge < -0.3 is 19.5 Å². The molecular weight excluding hydrogens is 364 g/mol. The number of nitrogens with zero attached hydrogens (tertiary/aromatic N) is 1. The van der Waals surface area contributed by atoms with Gasteiger partial charge in [-0.2, -0.15) is 0 Å². The van der Waals surface area contributed by atoms with Crippen LogP contribution in [0.2, 0.25) is 5.02 Å². The number of carbonyl (C=O) groups excluding carboxylic acids is 1. The Morgan fingerprint density at radius 2 is 1.80 bits per heavy atom.